The molecule has 1 heterocycles. The Kier molecular flexibility index (Phi) is 8.21. The molecule has 3 N–H and O–H groups in total. The highest BCUT2D eigenvalue weighted by Crippen LogP contribution is 2.36. The number of aryl methyl sites for hydroxylation is 1. The Bertz CT molecular complexity index is 1340. The number of hydrogen-bond donors (Lipinski definition) is 2. The molecule has 8 heteroatoms. The van der Waals surface area contributed by atoms with Crippen molar-refractivity contribution < 1.29 is 18.8 Å². The van der Waals surface area contributed by atoms with Crippen molar-refractivity contribution in [2.45, 2.75) is 50.6 Å². The van der Waals surface area contributed by atoms with Crippen molar-refractivity contribution in [2.24, 2.45) is 11.7 Å². The molecule has 1 aliphatic carbocycles. The lowest BCUT2D eigenvalue weighted by Gasteiger charge is -2.44. The number of primary amides is 1. The van der Waals surface area contributed by atoms with Crippen LogP contribution in [0.25, 0.3) is 10.8 Å². The Balaban J connectivity index is 1.31. The van der Waals surface area contributed by atoms with Gasteiger partial charge in [0, 0.05) is 32.1 Å². The van der Waals surface area contributed by atoms with Crippen molar-refractivity contribution in [2.75, 3.05) is 19.6 Å². The van der Waals surface area contributed by atoms with Gasteiger partial charge in [-0.05, 0) is 59.2 Å². The van der Waals surface area contributed by atoms with Gasteiger partial charge in [0.2, 0.25) is 11.8 Å². The number of carbonyl (C=O) groups is 3. The molecule has 1 saturated carbocycles. The molecule has 5 rings (SSSR count). The molecule has 2 fully saturated rings. The number of nitrogens with two attached hydrogens (primary N) is 1. The average molecular weight is 531 g/mol. The Labute approximate surface area is 228 Å². The average Bonchev–Trinajstić information content (AvgIpc) is 3.75. The summed E-state index contributed by atoms with van der Waals surface area (Å²) in [5, 5.41) is 4.50. The molecular formula is C31H35FN4O3. The highest BCUT2D eigenvalue weighted by Gasteiger charge is 2.38. The SMILES string of the molecule is NC(=O)NC(=O)C(Cc1ccc2ccccc2c1)N1CCN(C(=O)CCc2ccc(F)cc2)C(CC2CC2)C1. The topological polar surface area (TPSA) is 95.7 Å². The summed E-state index contributed by atoms with van der Waals surface area (Å²) in [7, 11) is 0. The smallest absolute Gasteiger partial charge is 0.318 e. The summed E-state index contributed by atoms with van der Waals surface area (Å²) in [6, 6.07) is 19.0. The van der Waals surface area contributed by atoms with Crippen LogP contribution in [0.15, 0.2) is 66.7 Å². The summed E-state index contributed by atoms with van der Waals surface area (Å²) in [4.78, 5) is 42.2. The number of amides is 4. The van der Waals surface area contributed by atoms with Crippen LogP contribution in [-0.4, -0.2) is 59.4 Å². The monoisotopic (exact) mass is 530 g/mol. The molecule has 2 aliphatic rings. The van der Waals surface area contributed by atoms with Gasteiger partial charge in [-0.1, -0.05) is 67.4 Å². The van der Waals surface area contributed by atoms with E-state index in [0.717, 1.165) is 41.2 Å². The quantitative estimate of drug-likeness (QED) is 0.437. The van der Waals surface area contributed by atoms with Crippen LogP contribution in [0.4, 0.5) is 9.18 Å². The van der Waals surface area contributed by atoms with E-state index in [1.807, 2.05) is 41.3 Å². The summed E-state index contributed by atoms with van der Waals surface area (Å²) in [5.41, 5.74) is 7.24. The minimum absolute atomic E-state index is 0.00699. The molecule has 0 bridgehead atoms. The Morgan fingerprint density at radius 2 is 1.67 bits per heavy atom. The predicted molar refractivity (Wildman–Crippen MR) is 148 cm³/mol. The molecular weight excluding hydrogens is 495 g/mol. The molecule has 0 radical (unpaired) electrons. The Morgan fingerprint density at radius 1 is 0.949 bits per heavy atom. The third-order valence-electron chi connectivity index (χ3n) is 7.91. The van der Waals surface area contributed by atoms with Gasteiger partial charge in [0.05, 0.1) is 6.04 Å². The fourth-order valence-electron chi connectivity index (χ4n) is 5.66. The van der Waals surface area contributed by atoms with Crippen LogP contribution in [0, 0.1) is 11.7 Å². The van der Waals surface area contributed by atoms with Gasteiger partial charge in [-0.2, -0.15) is 0 Å². The molecule has 39 heavy (non-hydrogen) atoms. The first-order valence-electron chi connectivity index (χ1n) is 13.7. The largest absolute Gasteiger partial charge is 0.351 e. The lowest BCUT2D eigenvalue weighted by atomic mass is 9.97. The fraction of sp³-hybridized carbons (Fsp3) is 0.387. The van der Waals surface area contributed by atoms with Gasteiger partial charge in [-0.3, -0.25) is 19.8 Å². The van der Waals surface area contributed by atoms with Crippen LogP contribution in [0.3, 0.4) is 0 Å². The second-order valence-corrected chi connectivity index (χ2v) is 10.8. The number of carbonyl (C=O) groups excluding carboxylic acids is 3. The summed E-state index contributed by atoms with van der Waals surface area (Å²) >= 11 is 0. The van der Waals surface area contributed by atoms with Crippen LogP contribution in [0.5, 0.6) is 0 Å². The highest BCUT2D eigenvalue weighted by atomic mass is 19.1. The number of urea groups is 1. The number of hydrogen-bond acceptors (Lipinski definition) is 4. The molecule has 7 nitrogen and oxygen atoms in total. The molecule has 204 valence electrons. The van der Waals surface area contributed by atoms with Gasteiger partial charge in [0.25, 0.3) is 0 Å². The van der Waals surface area contributed by atoms with Crippen LogP contribution < -0.4 is 11.1 Å². The lowest BCUT2D eigenvalue weighted by molar-refractivity contribution is -0.138. The van der Waals surface area contributed by atoms with Gasteiger partial charge in [-0.15, -0.1) is 0 Å². The maximum Gasteiger partial charge on any atom is 0.318 e. The molecule has 1 aliphatic heterocycles. The van der Waals surface area contributed by atoms with Crippen LogP contribution in [0.1, 0.15) is 36.8 Å². The number of imide groups is 1. The molecule has 4 amide bonds. The number of nitrogens with zero attached hydrogens (tertiary/aromatic N) is 2. The molecule has 3 aromatic rings. The molecule has 1 saturated heterocycles. The molecule has 2 unspecified atom stereocenters. The number of fused-ring (bicyclic) bond motifs is 1. The van der Waals surface area contributed by atoms with Crippen molar-refractivity contribution in [3.8, 4) is 0 Å². The van der Waals surface area contributed by atoms with E-state index >= 15 is 0 Å². The van der Waals surface area contributed by atoms with Gasteiger partial charge in [0.15, 0.2) is 0 Å². The zero-order chi connectivity index (χ0) is 27.4. The van der Waals surface area contributed by atoms with E-state index in [-0.39, 0.29) is 17.8 Å². The van der Waals surface area contributed by atoms with Gasteiger partial charge in [0.1, 0.15) is 5.82 Å². The first-order valence-corrected chi connectivity index (χ1v) is 13.7. The maximum atomic E-state index is 13.3. The van der Waals surface area contributed by atoms with E-state index in [1.54, 1.807) is 12.1 Å². The van der Waals surface area contributed by atoms with Crippen LogP contribution in [-0.2, 0) is 22.4 Å². The summed E-state index contributed by atoms with van der Waals surface area (Å²) < 4.78 is 13.3. The van der Waals surface area contributed by atoms with Crippen LogP contribution in [0.2, 0.25) is 0 Å². The van der Waals surface area contributed by atoms with Crippen molar-refractivity contribution in [1.82, 2.24) is 15.1 Å². The second kappa shape index (κ2) is 11.9. The third-order valence-corrected chi connectivity index (χ3v) is 7.91. The van der Waals surface area contributed by atoms with Crippen molar-refractivity contribution in [3.05, 3.63) is 83.7 Å². The van der Waals surface area contributed by atoms with E-state index in [4.69, 9.17) is 5.73 Å². The molecule has 0 spiro atoms. The number of halogens is 1. The summed E-state index contributed by atoms with van der Waals surface area (Å²) in [5.74, 6) is -0.0285. The molecule has 3 aromatic carbocycles. The van der Waals surface area contributed by atoms with E-state index in [9.17, 15) is 18.8 Å². The fourth-order valence-corrected chi connectivity index (χ4v) is 5.66. The first-order chi connectivity index (χ1) is 18.9. The van der Waals surface area contributed by atoms with Crippen molar-refractivity contribution >= 4 is 28.6 Å². The second-order valence-electron chi connectivity index (χ2n) is 10.8. The van der Waals surface area contributed by atoms with Crippen molar-refractivity contribution in [1.29, 1.82) is 0 Å². The van der Waals surface area contributed by atoms with E-state index in [0.29, 0.717) is 44.8 Å². The maximum absolute atomic E-state index is 13.3. The minimum atomic E-state index is -0.868. The summed E-state index contributed by atoms with van der Waals surface area (Å²) in [6.07, 6.45) is 4.57. The number of rotatable bonds is 9. The number of benzene rings is 3. The molecule has 2 atom stereocenters. The van der Waals surface area contributed by atoms with Crippen LogP contribution >= 0.6 is 0 Å². The Morgan fingerprint density at radius 3 is 2.38 bits per heavy atom. The van der Waals surface area contributed by atoms with Gasteiger partial charge >= 0.3 is 6.03 Å². The van der Waals surface area contributed by atoms with E-state index < -0.39 is 18.0 Å². The minimum Gasteiger partial charge on any atom is -0.351 e. The van der Waals surface area contributed by atoms with E-state index in [1.165, 1.54) is 12.1 Å². The number of piperazine rings is 1. The van der Waals surface area contributed by atoms with Gasteiger partial charge < -0.3 is 10.6 Å². The Hall–Kier alpha value is -3.78. The normalized spacial score (nSPS) is 18.6. The zero-order valence-corrected chi connectivity index (χ0v) is 22.0. The third kappa shape index (κ3) is 7.00. The highest BCUT2D eigenvalue weighted by molar-refractivity contribution is 5.96. The lowest BCUT2D eigenvalue weighted by Crippen LogP contribution is -2.61. The van der Waals surface area contributed by atoms with Crippen molar-refractivity contribution in [3.63, 3.8) is 0 Å². The van der Waals surface area contributed by atoms with Gasteiger partial charge in [-0.25, -0.2) is 9.18 Å². The first kappa shape index (κ1) is 26.8. The van der Waals surface area contributed by atoms with E-state index in [2.05, 4.69) is 16.3 Å². The zero-order valence-electron chi connectivity index (χ0n) is 22.0. The molecule has 0 aromatic heterocycles. The summed E-state index contributed by atoms with van der Waals surface area (Å²) in [6.45, 7) is 1.59. The predicted octanol–water partition coefficient (Wildman–Crippen LogP) is 4.03. The number of nitrogens with one attached hydrogen (secondary N) is 1. The standard InChI is InChI=1S/C31H35FN4O3/c32-26-12-8-21(9-13-26)10-14-29(37)36-16-15-35(20-27(36)18-22-5-6-22)28(30(38)34-31(33)39)19-23-7-11-24-3-1-2-4-25(24)17-23/h1-4,7-9,11-13,17,22,27-28H,5-6,10,14-16,18-20H2,(H3,33,34,38,39).